The zero-order valence-corrected chi connectivity index (χ0v) is 20.9. The van der Waals surface area contributed by atoms with Gasteiger partial charge in [0.15, 0.2) is 0 Å². The summed E-state index contributed by atoms with van der Waals surface area (Å²) in [4.78, 5) is 2.62. The first kappa shape index (κ1) is 20.4. The van der Waals surface area contributed by atoms with E-state index in [4.69, 9.17) is 0 Å². The van der Waals surface area contributed by atoms with Crippen LogP contribution >= 0.6 is 0 Å². The van der Waals surface area contributed by atoms with E-state index in [9.17, 15) is 0 Å². The summed E-state index contributed by atoms with van der Waals surface area (Å²) in [5.74, 6) is 0. The van der Waals surface area contributed by atoms with Crippen molar-refractivity contribution in [1.29, 1.82) is 0 Å². The maximum atomic E-state index is 2.62. The van der Waals surface area contributed by atoms with Crippen molar-refractivity contribution in [2.45, 2.75) is 17.9 Å². The molecule has 9 rings (SSSR count). The van der Waals surface area contributed by atoms with Crippen LogP contribution in [0.25, 0.3) is 27.8 Å². The summed E-state index contributed by atoms with van der Waals surface area (Å²) < 4.78 is 0. The fourth-order valence-electron chi connectivity index (χ4n) is 7.83. The summed E-state index contributed by atoms with van der Waals surface area (Å²) in [5.41, 5.74) is 16.2. The zero-order valence-electron chi connectivity index (χ0n) is 20.9. The Hall–Kier alpha value is -4.62. The van der Waals surface area contributed by atoms with E-state index in [1.807, 2.05) is 0 Å². The first-order valence-electron chi connectivity index (χ1n) is 13.6. The van der Waals surface area contributed by atoms with Crippen molar-refractivity contribution in [1.82, 2.24) is 0 Å². The van der Waals surface area contributed by atoms with Crippen LogP contribution in [0, 0.1) is 0 Å². The van der Waals surface area contributed by atoms with Gasteiger partial charge < -0.3 is 4.90 Å². The van der Waals surface area contributed by atoms with Crippen LogP contribution in [0.4, 0.5) is 11.4 Å². The molecule has 0 saturated heterocycles. The van der Waals surface area contributed by atoms with Gasteiger partial charge in [0.25, 0.3) is 0 Å². The fraction of sp³-hybridized carbons (Fsp3) is 0.0811. The second kappa shape index (κ2) is 7.24. The highest BCUT2D eigenvalue weighted by atomic mass is 15.2. The van der Waals surface area contributed by atoms with Crippen LogP contribution in [-0.2, 0) is 5.41 Å². The van der Waals surface area contributed by atoms with Crippen molar-refractivity contribution in [2.75, 3.05) is 4.90 Å². The maximum absolute atomic E-state index is 2.62. The molecule has 0 amide bonds. The molecule has 3 aliphatic carbocycles. The fourth-order valence-corrected chi connectivity index (χ4v) is 7.83. The van der Waals surface area contributed by atoms with Crippen molar-refractivity contribution in [2.24, 2.45) is 0 Å². The van der Waals surface area contributed by atoms with Crippen LogP contribution < -0.4 is 4.90 Å². The lowest BCUT2D eigenvalue weighted by Crippen LogP contribution is -2.28. The third-order valence-electron chi connectivity index (χ3n) is 9.16. The van der Waals surface area contributed by atoms with Gasteiger partial charge in [0.2, 0.25) is 0 Å². The predicted octanol–water partition coefficient (Wildman–Crippen LogP) is 8.89. The van der Waals surface area contributed by atoms with Gasteiger partial charge in [-0.15, -0.1) is 0 Å². The van der Waals surface area contributed by atoms with Crippen LogP contribution in [-0.4, -0.2) is 6.04 Å². The molecule has 0 radical (unpaired) electrons. The number of para-hydroxylation sites is 1. The molecule has 0 saturated carbocycles. The Morgan fingerprint density at radius 2 is 1.16 bits per heavy atom. The molecule has 178 valence electrons. The van der Waals surface area contributed by atoms with Crippen molar-refractivity contribution in [3.8, 4) is 22.3 Å². The van der Waals surface area contributed by atoms with E-state index in [0.29, 0.717) is 6.04 Å². The molecule has 1 aliphatic heterocycles. The van der Waals surface area contributed by atoms with Gasteiger partial charge in [-0.25, -0.2) is 0 Å². The van der Waals surface area contributed by atoms with Gasteiger partial charge in [-0.3, -0.25) is 0 Å². The highest BCUT2D eigenvalue weighted by Gasteiger charge is 2.53. The molecule has 5 aromatic carbocycles. The number of fused-ring (bicyclic) bond motifs is 14. The Balaban J connectivity index is 1.45. The van der Waals surface area contributed by atoms with Gasteiger partial charge >= 0.3 is 0 Å². The van der Waals surface area contributed by atoms with Crippen molar-refractivity contribution in [3.05, 3.63) is 161 Å². The zero-order chi connectivity index (χ0) is 24.8. The molecule has 4 aliphatic rings. The third kappa shape index (κ3) is 2.29. The number of hydrogen-bond acceptors (Lipinski definition) is 1. The van der Waals surface area contributed by atoms with Crippen molar-refractivity contribution >= 4 is 16.9 Å². The van der Waals surface area contributed by atoms with E-state index in [1.165, 1.54) is 67.0 Å². The highest BCUT2D eigenvalue weighted by molar-refractivity contribution is 6.06. The Bertz CT molecular complexity index is 1810. The second-order valence-corrected chi connectivity index (χ2v) is 10.8. The number of anilines is 2. The summed E-state index contributed by atoms with van der Waals surface area (Å²) >= 11 is 0. The minimum Gasteiger partial charge on any atom is -0.333 e. The molecule has 1 unspecified atom stereocenters. The van der Waals surface area contributed by atoms with E-state index in [-0.39, 0.29) is 5.41 Å². The molecule has 38 heavy (non-hydrogen) atoms. The summed E-state index contributed by atoms with van der Waals surface area (Å²) in [5, 5.41) is 0. The molecule has 0 aromatic heterocycles. The van der Waals surface area contributed by atoms with Gasteiger partial charge in [0.1, 0.15) is 0 Å². The van der Waals surface area contributed by atoms with Gasteiger partial charge in [0, 0.05) is 16.8 Å². The topological polar surface area (TPSA) is 3.24 Å². The molecular formula is C37H25N. The quantitative estimate of drug-likeness (QED) is 0.225. The molecule has 0 bridgehead atoms. The predicted molar refractivity (Wildman–Crippen MR) is 157 cm³/mol. The Kier molecular flexibility index (Phi) is 3.89. The Morgan fingerprint density at radius 3 is 1.87 bits per heavy atom. The minimum absolute atomic E-state index is 0.309. The Labute approximate surface area is 223 Å². The standard InChI is InChI=1S/C37H25N/c1-2-12-24(13-3-1)38-34-21-11-7-16-27(34)28-22-23-33-35(36(28)38)29-17-6-10-20-32(29)37(33)30-18-8-4-14-25(30)26-15-5-9-19-31(26)37/h1-20,22-23,34H,21H2. The summed E-state index contributed by atoms with van der Waals surface area (Å²) in [6, 6.07) is 43.4. The van der Waals surface area contributed by atoms with Gasteiger partial charge in [-0.1, -0.05) is 121 Å². The summed E-state index contributed by atoms with van der Waals surface area (Å²) in [6.07, 6.45) is 7.90. The monoisotopic (exact) mass is 483 g/mol. The number of rotatable bonds is 1. The minimum atomic E-state index is -0.309. The van der Waals surface area contributed by atoms with Gasteiger partial charge in [0.05, 0.1) is 17.1 Å². The van der Waals surface area contributed by atoms with Crippen LogP contribution in [0.15, 0.2) is 133 Å². The number of allylic oxidation sites excluding steroid dienone is 2. The lowest BCUT2D eigenvalue weighted by molar-refractivity contribution is 0.793. The first-order chi connectivity index (χ1) is 18.9. The van der Waals surface area contributed by atoms with E-state index >= 15 is 0 Å². The molecule has 0 N–H and O–H groups in total. The summed E-state index contributed by atoms with van der Waals surface area (Å²) in [6.45, 7) is 0. The molecule has 1 heterocycles. The maximum Gasteiger partial charge on any atom is 0.0726 e. The highest BCUT2D eigenvalue weighted by Crippen LogP contribution is 2.66. The van der Waals surface area contributed by atoms with Crippen molar-refractivity contribution < 1.29 is 0 Å². The number of benzene rings is 5. The van der Waals surface area contributed by atoms with Gasteiger partial charge in [-0.05, 0) is 63.1 Å². The molecule has 1 nitrogen and oxygen atoms in total. The largest absolute Gasteiger partial charge is 0.333 e. The second-order valence-electron chi connectivity index (χ2n) is 10.8. The van der Waals surface area contributed by atoms with Crippen LogP contribution in [0.3, 0.4) is 0 Å². The smallest absolute Gasteiger partial charge is 0.0726 e. The molecule has 1 atom stereocenters. The molecule has 1 heteroatoms. The van der Waals surface area contributed by atoms with E-state index < -0.39 is 0 Å². The summed E-state index contributed by atoms with van der Waals surface area (Å²) in [7, 11) is 0. The SMILES string of the molecule is C1=CCC2C(=C1)c1ccc3c(c1N2c1ccccc1)-c1ccccc1C31c2ccccc2-c2ccccc21. The van der Waals surface area contributed by atoms with E-state index in [2.05, 4.69) is 138 Å². The first-order valence-corrected chi connectivity index (χ1v) is 13.6. The lowest BCUT2D eigenvalue weighted by atomic mass is 9.70. The average molecular weight is 484 g/mol. The molecule has 1 spiro atoms. The van der Waals surface area contributed by atoms with Crippen molar-refractivity contribution in [3.63, 3.8) is 0 Å². The van der Waals surface area contributed by atoms with Crippen LogP contribution in [0.2, 0.25) is 0 Å². The average Bonchev–Trinajstić information content (AvgIpc) is 3.59. The van der Waals surface area contributed by atoms with E-state index in [1.54, 1.807) is 0 Å². The molecule has 5 aromatic rings. The van der Waals surface area contributed by atoms with Gasteiger partial charge in [-0.2, -0.15) is 0 Å². The Morgan fingerprint density at radius 1 is 0.553 bits per heavy atom. The molecule has 0 fully saturated rings. The third-order valence-corrected chi connectivity index (χ3v) is 9.16. The normalized spacial score (nSPS) is 18.4. The lowest BCUT2D eigenvalue weighted by Gasteiger charge is -2.31. The molecular weight excluding hydrogens is 458 g/mol. The van der Waals surface area contributed by atoms with Crippen LogP contribution in [0.1, 0.15) is 34.2 Å². The van der Waals surface area contributed by atoms with E-state index in [0.717, 1.165) is 6.42 Å². The number of hydrogen-bond donors (Lipinski definition) is 0. The number of nitrogens with zero attached hydrogens (tertiary/aromatic N) is 1. The van der Waals surface area contributed by atoms with Crippen LogP contribution in [0.5, 0.6) is 0 Å².